The molecule has 150 valence electrons. The van der Waals surface area contributed by atoms with Crippen LogP contribution in [0.15, 0.2) is 60.9 Å². The molecule has 0 saturated heterocycles. The standard InChI is InChI=1S/C21H24N6O2/c1-21(2,3)24-19(28)16-9-11-17(12-10-16)23-20(29)18(27-14-22-25-26-27)13-15-7-5-4-6-8-15/h4-12,14,18H,13H2,1-3H3,(H,23,29)(H,24,28). The molecule has 29 heavy (non-hydrogen) atoms. The lowest BCUT2D eigenvalue weighted by molar-refractivity contribution is -0.119. The molecule has 2 N–H and O–H groups in total. The van der Waals surface area contributed by atoms with Crippen LogP contribution in [0.5, 0.6) is 0 Å². The molecule has 2 amide bonds. The molecule has 0 bridgehead atoms. The smallest absolute Gasteiger partial charge is 0.251 e. The van der Waals surface area contributed by atoms with E-state index in [4.69, 9.17) is 0 Å². The number of anilines is 1. The summed E-state index contributed by atoms with van der Waals surface area (Å²) in [5.41, 5.74) is 1.80. The zero-order valence-corrected chi connectivity index (χ0v) is 16.7. The molecule has 1 aromatic heterocycles. The number of carbonyl (C=O) groups excluding carboxylic acids is 2. The van der Waals surface area contributed by atoms with E-state index in [1.165, 1.54) is 11.0 Å². The van der Waals surface area contributed by atoms with E-state index in [1.807, 2.05) is 51.1 Å². The Morgan fingerprint density at radius 1 is 1.03 bits per heavy atom. The summed E-state index contributed by atoms with van der Waals surface area (Å²) in [5.74, 6) is -0.404. The quantitative estimate of drug-likeness (QED) is 0.671. The summed E-state index contributed by atoms with van der Waals surface area (Å²) >= 11 is 0. The topological polar surface area (TPSA) is 102 Å². The number of amides is 2. The van der Waals surface area contributed by atoms with E-state index in [9.17, 15) is 9.59 Å². The van der Waals surface area contributed by atoms with Crippen molar-refractivity contribution in [1.82, 2.24) is 25.5 Å². The van der Waals surface area contributed by atoms with Crippen molar-refractivity contribution < 1.29 is 9.59 Å². The van der Waals surface area contributed by atoms with E-state index in [2.05, 4.69) is 26.2 Å². The van der Waals surface area contributed by atoms with Crippen molar-refractivity contribution in [2.75, 3.05) is 5.32 Å². The van der Waals surface area contributed by atoms with Crippen LogP contribution >= 0.6 is 0 Å². The number of rotatable bonds is 6. The highest BCUT2D eigenvalue weighted by atomic mass is 16.2. The number of hydrogen-bond acceptors (Lipinski definition) is 5. The van der Waals surface area contributed by atoms with E-state index >= 15 is 0 Å². The molecule has 2 aromatic carbocycles. The third-order valence-electron chi connectivity index (χ3n) is 4.16. The van der Waals surface area contributed by atoms with Crippen molar-refractivity contribution >= 4 is 17.5 Å². The molecule has 0 radical (unpaired) electrons. The zero-order chi connectivity index (χ0) is 20.9. The Balaban J connectivity index is 1.72. The van der Waals surface area contributed by atoms with Gasteiger partial charge in [0.15, 0.2) is 0 Å². The third-order valence-corrected chi connectivity index (χ3v) is 4.16. The van der Waals surface area contributed by atoms with Gasteiger partial charge in [-0.1, -0.05) is 30.3 Å². The number of benzene rings is 2. The number of carbonyl (C=O) groups is 2. The van der Waals surface area contributed by atoms with Gasteiger partial charge in [-0.3, -0.25) is 9.59 Å². The Morgan fingerprint density at radius 3 is 2.31 bits per heavy atom. The summed E-state index contributed by atoms with van der Waals surface area (Å²) in [7, 11) is 0. The van der Waals surface area contributed by atoms with Crippen molar-refractivity contribution in [3.05, 3.63) is 72.1 Å². The first-order valence-corrected chi connectivity index (χ1v) is 9.32. The molecule has 0 saturated carbocycles. The Labute approximate surface area is 169 Å². The number of nitrogens with zero attached hydrogens (tertiary/aromatic N) is 4. The lowest BCUT2D eigenvalue weighted by Gasteiger charge is -2.20. The molecule has 0 aliphatic carbocycles. The van der Waals surface area contributed by atoms with Crippen molar-refractivity contribution in [2.24, 2.45) is 0 Å². The van der Waals surface area contributed by atoms with Crippen molar-refractivity contribution in [3.8, 4) is 0 Å². The minimum Gasteiger partial charge on any atom is -0.347 e. The minimum absolute atomic E-state index is 0.161. The fourth-order valence-corrected chi connectivity index (χ4v) is 2.80. The monoisotopic (exact) mass is 392 g/mol. The number of tetrazole rings is 1. The van der Waals surface area contributed by atoms with Gasteiger partial charge in [0.2, 0.25) is 5.91 Å². The summed E-state index contributed by atoms with van der Waals surface area (Å²) in [5, 5.41) is 17.0. The highest BCUT2D eigenvalue weighted by Crippen LogP contribution is 2.17. The molecular formula is C21H24N6O2. The minimum atomic E-state index is -0.601. The maximum Gasteiger partial charge on any atom is 0.251 e. The predicted octanol–water partition coefficient (Wildman–Crippen LogP) is 2.62. The largest absolute Gasteiger partial charge is 0.347 e. The molecule has 1 unspecified atom stereocenters. The van der Waals surface area contributed by atoms with Gasteiger partial charge in [-0.05, 0) is 61.0 Å². The maximum atomic E-state index is 12.9. The molecule has 0 fully saturated rings. The van der Waals surface area contributed by atoms with Crippen molar-refractivity contribution in [3.63, 3.8) is 0 Å². The zero-order valence-electron chi connectivity index (χ0n) is 16.7. The highest BCUT2D eigenvalue weighted by Gasteiger charge is 2.23. The summed E-state index contributed by atoms with van der Waals surface area (Å²) in [6, 6.07) is 15.8. The molecular weight excluding hydrogens is 368 g/mol. The van der Waals surface area contributed by atoms with Crippen LogP contribution in [-0.2, 0) is 11.2 Å². The van der Waals surface area contributed by atoms with Gasteiger partial charge in [0.25, 0.3) is 5.91 Å². The van der Waals surface area contributed by atoms with Crippen molar-refractivity contribution in [1.29, 1.82) is 0 Å². The second kappa shape index (κ2) is 8.64. The number of hydrogen-bond donors (Lipinski definition) is 2. The van der Waals surface area contributed by atoms with E-state index in [1.54, 1.807) is 24.3 Å². The van der Waals surface area contributed by atoms with Gasteiger partial charge in [0.05, 0.1) is 0 Å². The number of aromatic nitrogens is 4. The van der Waals surface area contributed by atoms with Crippen LogP contribution in [0.2, 0.25) is 0 Å². The molecule has 1 heterocycles. The third kappa shape index (κ3) is 5.71. The van der Waals surface area contributed by atoms with Gasteiger partial charge < -0.3 is 10.6 Å². The molecule has 1 atom stereocenters. The van der Waals surface area contributed by atoms with Gasteiger partial charge in [-0.25, -0.2) is 4.68 Å². The van der Waals surface area contributed by atoms with Crippen molar-refractivity contribution in [2.45, 2.75) is 38.8 Å². The van der Waals surface area contributed by atoms with Gasteiger partial charge >= 0.3 is 0 Å². The van der Waals surface area contributed by atoms with Gasteiger partial charge in [-0.2, -0.15) is 0 Å². The molecule has 0 spiro atoms. The van der Waals surface area contributed by atoms with Crippen LogP contribution in [0.25, 0.3) is 0 Å². The second-order valence-electron chi connectivity index (χ2n) is 7.77. The lowest BCUT2D eigenvalue weighted by Crippen LogP contribution is -2.40. The van der Waals surface area contributed by atoms with Crippen LogP contribution in [0.1, 0.15) is 42.7 Å². The van der Waals surface area contributed by atoms with Gasteiger partial charge in [0.1, 0.15) is 12.4 Å². The Hall–Kier alpha value is -3.55. The molecule has 8 heteroatoms. The summed E-state index contributed by atoms with van der Waals surface area (Å²) in [6.45, 7) is 5.77. The molecule has 3 rings (SSSR count). The van der Waals surface area contributed by atoms with Crippen LogP contribution < -0.4 is 10.6 Å². The fraction of sp³-hybridized carbons (Fsp3) is 0.286. The van der Waals surface area contributed by atoms with E-state index in [0.29, 0.717) is 17.7 Å². The summed E-state index contributed by atoms with van der Waals surface area (Å²) in [4.78, 5) is 25.2. The predicted molar refractivity (Wildman–Crippen MR) is 109 cm³/mol. The SMILES string of the molecule is CC(C)(C)NC(=O)c1ccc(NC(=O)C(Cc2ccccc2)n2cnnn2)cc1. The second-order valence-corrected chi connectivity index (χ2v) is 7.77. The van der Waals surface area contributed by atoms with E-state index in [-0.39, 0.29) is 17.4 Å². The van der Waals surface area contributed by atoms with E-state index in [0.717, 1.165) is 5.56 Å². The summed E-state index contributed by atoms with van der Waals surface area (Å²) in [6.07, 6.45) is 1.87. The maximum absolute atomic E-state index is 12.9. The molecule has 0 aliphatic rings. The average Bonchev–Trinajstić information content (AvgIpc) is 3.20. The molecule has 3 aromatic rings. The van der Waals surface area contributed by atoms with Crippen LogP contribution in [0.4, 0.5) is 5.69 Å². The highest BCUT2D eigenvalue weighted by molar-refractivity contribution is 5.97. The Kier molecular flexibility index (Phi) is 6.01. The number of nitrogens with one attached hydrogen (secondary N) is 2. The molecule has 8 nitrogen and oxygen atoms in total. The fourth-order valence-electron chi connectivity index (χ4n) is 2.80. The van der Waals surface area contributed by atoms with Crippen LogP contribution in [0, 0.1) is 0 Å². The normalized spacial score (nSPS) is 12.2. The first-order chi connectivity index (χ1) is 13.8. The lowest BCUT2D eigenvalue weighted by atomic mass is 10.1. The van der Waals surface area contributed by atoms with E-state index < -0.39 is 6.04 Å². The first kappa shape index (κ1) is 20.2. The Morgan fingerprint density at radius 2 is 1.72 bits per heavy atom. The summed E-state index contributed by atoms with van der Waals surface area (Å²) < 4.78 is 1.44. The van der Waals surface area contributed by atoms with Gasteiger partial charge in [0, 0.05) is 23.2 Å². The Bertz CT molecular complexity index is 947. The average molecular weight is 392 g/mol. The first-order valence-electron chi connectivity index (χ1n) is 9.32. The van der Waals surface area contributed by atoms with Crippen LogP contribution in [-0.4, -0.2) is 37.6 Å². The van der Waals surface area contributed by atoms with Gasteiger partial charge in [-0.15, -0.1) is 5.10 Å². The van der Waals surface area contributed by atoms with Crippen LogP contribution in [0.3, 0.4) is 0 Å². The molecule has 0 aliphatic heterocycles.